The molecule has 0 aliphatic heterocycles. The SMILES string of the molecule is O=C(OCCCCCCCC[n+]1ccccc1)c1ccc(-c2ccc(C(=O)OCCCCCCCC[n+]3ccccc3)cn2)nc1. The Morgan fingerprint density at radius 2 is 0.848 bits per heavy atom. The number of ether oxygens (including phenoxy) is 2. The summed E-state index contributed by atoms with van der Waals surface area (Å²) in [5, 5.41) is 0. The summed E-state index contributed by atoms with van der Waals surface area (Å²) in [6, 6.07) is 19.2. The average molecular weight is 625 g/mol. The molecule has 0 amide bonds. The van der Waals surface area contributed by atoms with Gasteiger partial charge in [-0.05, 0) is 49.9 Å². The standard InChI is InChI=1S/C38H48N4O4/c43-37(45-29-17-7-3-1-5-11-23-41-25-13-9-14-26-41)33-19-21-35(39-31-33)36-22-20-34(32-40-36)38(44)46-30-18-8-4-2-6-12-24-42-27-15-10-16-28-42/h9-10,13-16,19-22,25-28,31-32H,1-8,11-12,17-18,23-24,29-30H2/q+2. The molecule has 0 saturated heterocycles. The van der Waals surface area contributed by atoms with Gasteiger partial charge in [-0.3, -0.25) is 9.97 Å². The van der Waals surface area contributed by atoms with E-state index in [-0.39, 0.29) is 11.9 Å². The molecule has 0 N–H and O–H groups in total. The molecule has 4 heterocycles. The molecule has 4 aromatic heterocycles. The van der Waals surface area contributed by atoms with Crippen molar-refractivity contribution in [1.29, 1.82) is 0 Å². The van der Waals surface area contributed by atoms with Crippen LogP contribution in [0.5, 0.6) is 0 Å². The summed E-state index contributed by atoms with van der Waals surface area (Å²) < 4.78 is 15.3. The van der Waals surface area contributed by atoms with Crippen LogP contribution in [0.15, 0.2) is 97.8 Å². The lowest BCUT2D eigenvalue weighted by Crippen LogP contribution is -2.32. The van der Waals surface area contributed by atoms with Gasteiger partial charge in [0.2, 0.25) is 0 Å². The molecule has 4 aromatic rings. The monoisotopic (exact) mass is 624 g/mol. The third-order valence-corrected chi connectivity index (χ3v) is 7.90. The van der Waals surface area contributed by atoms with Crippen LogP contribution in [0, 0.1) is 0 Å². The first-order valence-electron chi connectivity index (χ1n) is 16.8. The van der Waals surface area contributed by atoms with E-state index in [1.54, 1.807) is 24.3 Å². The predicted octanol–water partition coefficient (Wildman–Crippen LogP) is 7.11. The number of hydrogen-bond donors (Lipinski definition) is 0. The van der Waals surface area contributed by atoms with Crippen LogP contribution < -0.4 is 9.13 Å². The van der Waals surface area contributed by atoms with E-state index >= 15 is 0 Å². The van der Waals surface area contributed by atoms with Crippen LogP contribution in [-0.2, 0) is 22.6 Å². The Balaban J connectivity index is 1.03. The molecule has 46 heavy (non-hydrogen) atoms. The Labute approximate surface area is 273 Å². The van der Waals surface area contributed by atoms with Crippen molar-refractivity contribution in [1.82, 2.24) is 9.97 Å². The first-order valence-corrected chi connectivity index (χ1v) is 16.8. The quantitative estimate of drug-likeness (QED) is 0.0558. The zero-order chi connectivity index (χ0) is 32.1. The van der Waals surface area contributed by atoms with Gasteiger partial charge in [-0.25, -0.2) is 18.7 Å². The van der Waals surface area contributed by atoms with E-state index in [0.717, 1.165) is 51.6 Å². The fraction of sp³-hybridized carbons (Fsp3) is 0.421. The number of hydrogen-bond acceptors (Lipinski definition) is 6. The third kappa shape index (κ3) is 12.9. The minimum Gasteiger partial charge on any atom is -0.462 e. The minimum atomic E-state index is -0.368. The number of carbonyl (C=O) groups is 2. The Kier molecular flexibility index (Phi) is 15.4. The van der Waals surface area contributed by atoms with Crippen LogP contribution in [0.4, 0.5) is 0 Å². The molecule has 0 atom stereocenters. The number of carbonyl (C=O) groups excluding carboxylic acids is 2. The van der Waals surface area contributed by atoms with E-state index in [0.29, 0.717) is 35.7 Å². The molecule has 0 saturated carbocycles. The van der Waals surface area contributed by atoms with Gasteiger partial charge in [0.15, 0.2) is 24.8 Å². The van der Waals surface area contributed by atoms with Gasteiger partial charge in [0.1, 0.15) is 13.1 Å². The van der Waals surface area contributed by atoms with Gasteiger partial charge < -0.3 is 9.47 Å². The van der Waals surface area contributed by atoms with Crippen LogP contribution in [0.2, 0.25) is 0 Å². The molecule has 242 valence electrons. The number of rotatable bonds is 21. The van der Waals surface area contributed by atoms with Crippen LogP contribution in [0.1, 0.15) is 97.8 Å². The Hall–Kier alpha value is -4.46. The number of aromatic nitrogens is 4. The van der Waals surface area contributed by atoms with Gasteiger partial charge in [0.25, 0.3) is 0 Å². The number of aryl methyl sites for hydroxylation is 2. The lowest BCUT2D eigenvalue weighted by molar-refractivity contribution is -0.697. The van der Waals surface area contributed by atoms with Crippen LogP contribution in [0.3, 0.4) is 0 Å². The highest BCUT2D eigenvalue weighted by Crippen LogP contribution is 2.16. The molecule has 0 spiro atoms. The average Bonchev–Trinajstić information content (AvgIpc) is 3.11. The molecule has 0 bridgehead atoms. The number of pyridine rings is 4. The first-order chi connectivity index (χ1) is 22.7. The largest absolute Gasteiger partial charge is 0.462 e. The smallest absolute Gasteiger partial charge is 0.339 e. The summed E-state index contributed by atoms with van der Waals surface area (Å²) in [6.45, 7) is 2.93. The second-order valence-electron chi connectivity index (χ2n) is 11.6. The Bertz CT molecular complexity index is 1300. The zero-order valence-corrected chi connectivity index (χ0v) is 27.0. The number of unbranched alkanes of at least 4 members (excludes halogenated alkanes) is 10. The van der Waals surface area contributed by atoms with Crippen molar-refractivity contribution in [3.63, 3.8) is 0 Å². The van der Waals surface area contributed by atoms with E-state index in [1.165, 1.54) is 50.9 Å². The van der Waals surface area contributed by atoms with Gasteiger partial charge >= 0.3 is 11.9 Å². The number of nitrogens with zero attached hydrogens (tertiary/aromatic N) is 4. The van der Waals surface area contributed by atoms with Gasteiger partial charge in [-0.1, -0.05) is 50.7 Å². The molecule has 0 aromatic carbocycles. The van der Waals surface area contributed by atoms with Crippen molar-refractivity contribution in [2.75, 3.05) is 13.2 Å². The molecule has 8 nitrogen and oxygen atoms in total. The lowest BCUT2D eigenvalue weighted by atomic mass is 10.1. The summed E-state index contributed by atoms with van der Waals surface area (Å²) in [7, 11) is 0. The highest BCUT2D eigenvalue weighted by Gasteiger charge is 2.11. The van der Waals surface area contributed by atoms with Gasteiger partial charge in [-0.2, -0.15) is 0 Å². The van der Waals surface area contributed by atoms with E-state index in [4.69, 9.17) is 9.47 Å². The summed E-state index contributed by atoms with van der Waals surface area (Å²) in [5.74, 6) is -0.737. The van der Waals surface area contributed by atoms with Crippen LogP contribution >= 0.6 is 0 Å². The number of esters is 2. The fourth-order valence-electron chi connectivity index (χ4n) is 5.20. The van der Waals surface area contributed by atoms with Crippen LogP contribution in [-0.4, -0.2) is 35.1 Å². The van der Waals surface area contributed by atoms with E-state index in [1.807, 2.05) is 12.1 Å². The highest BCUT2D eigenvalue weighted by atomic mass is 16.5. The maximum atomic E-state index is 12.4. The zero-order valence-electron chi connectivity index (χ0n) is 27.0. The molecule has 0 unspecified atom stereocenters. The normalized spacial score (nSPS) is 10.9. The molecule has 0 aliphatic rings. The Morgan fingerprint density at radius 3 is 1.22 bits per heavy atom. The van der Waals surface area contributed by atoms with Crippen LogP contribution in [0.25, 0.3) is 11.4 Å². The second kappa shape index (κ2) is 20.5. The second-order valence-corrected chi connectivity index (χ2v) is 11.6. The molecular formula is C38H48N4O4+2. The van der Waals surface area contributed by atoms with Crippen molar-refractivity contribution in [2.45, 2.75) is 90.1 Å². The maximum Gasteiger partial charge on any atom is 0.339 e. The van der Waals surface area contributed by atoms with Gasteiger partial charge in [0, 0.05) is 49.5 Å². The summed E-state index contributed by atoms with van der Waals surface area (Å²) in [6.07, 6.45) is 24.7. The minimum absolute atomic E-state index is 0.368. The van der Waals surface area contributed by atoms with E-state index in [2.05, 4.69) is 68.2 Å². The molecule has 0 fully saturated rings. The van der Waals surface area contributed by atoms with Gasteiger partial charge in [0.05, 0.1) is 35.7 Å². The molecule has 0 radical (unpaired) electrons. The molecule has 8 heteroatoms. The van der Waals surface area contributed by atoms with Gasteiger partial charge in [-0.15, -0.1) is 0 Å². The summed E-state index contributed by atoms with van der Waals surface area (Å²) in [4.78, 5) is 33.6. The third-order valence-electron chi connectivity index (χ3n) is 7.90. The Morgan fingerprint density at radius 1 is 0.478 bits per heavy atom. The van der Waals surface area contributed by atoms with Crippen molar-refractivity contribution in [3.8, 4) is 11.4 Å². The lowest BCUT2D eigenvalue weighted by Gasteiger charge is -2.07. The van der Waals surface area contributed by atoms with E-state index < -0.39 is 0 Å². The van der Waals surface area contributed by atoms with Crippen molar-refractivity contribution in [2.24, 2.45) is 0 Å². The summed E-state index contributed by atoms with van der Waals surface area (Å²) >= 11 is 0. The fourth-order valence-corrected chi connectivity index (χ4v) is 5.20. The molecule has 0 aliphatic carbocycles. The van der Waals surface area contributed by atoms with Crippen molar-refractivity contribution in [3.05, 3.63) is 109 Å². The van der Waals surface area contributed by atoms with Crippen molar-refractivity contribution < 1.29 is 28.2 Å². The first kappa shape index (κ1) is 34.4. The predicted molar refractivity (Wildman–Crippen MR) is 177 cm³/mol. The van der Waals surface area contributed by atoms with Crippen molar-refractivity contribution >= 4 is 11.9 Å². The molecule has 4 rings (SSSR count). The van der Waals surface area contributed by atoms with E-state index in [9.17, 15) is 9.59 Å². The topological polar surface area (TPSA) is 86.1 Å². The molecular weight excluding hydrogens is 576 g/mol. The maximum absolute atomic E-state index is 12.4. The summed E-state index contributed by atoms with van der Waals surface area (Å²) in [5.41, 5.74) is 2.05. The highest BCUT2D eigenvalue weighted by molar-refractivity contribution is 5.90.